The minimum atomic E-state index is -4.38. The molecule has 1 atom stereocenters. The molecule has 0 spiro atoms. The number of ether oxygens (including phenoxy) is 1. The number of esters is 1. The Hall–Kier alpha value is -2.23. The van der Waals surface area contributed by atoms with E-state index >= 15 is 0 Å². The largest absolute Gasteiger partial charge is 0.464 e. The van der Waals surface area contributed by atoms with Gasteiger partial charge in [-0.05, 0) is 43.2 Å². The number of para-hydroxylation sites is 1. The Morgan fingerprint density at radius 3 is 2.74 bits per heavy atom. The van der Waals surface area contributed by atoms with Crippen LogP contribution >= 0.6 is 11.8 Å². The zero-order valence-corrected chi connectivity index (χ0v) is 20.1. The van der Waals surface area contributed by atoms with E-state index in [9.17, 15) is 18.0 Å². The number of anilines is 2. The minimum absolute atomic E-state index is 0.190. The predicted octanol–water partition coefficient (Wildman–Crippen LogP) is 5.32. The smallest absolute Gasteiger partial charge is 0.416 e. The first kappa shape index (κ1) is 24.9. The number of benzene rings is 2. The van der Waals surface area contributed by atoms with Crippen molar-refractivity contribution in [2.75, 3.05) is 44.2 Å². The number of nitrogens with one attached hydrogen (secondary N) is 1. The Labute approximate surface area is 202 Å². The molecular weight excluding hydrogens is 463 g/mol. The van der Waals surface area contributed by atoms with Gasteiger partial charge in [0.25, 0.3) is 0 Å². The Bertz CT molecular complexity index is 1000. The molecule has 0 saturated carbocycles. The number of hydrogen-bond acceptors (Lipinski definition) is 6. The van der Waals surface area contributed by atoms with Crippen LogP contribution in [0.25, 0.3) is 0 Å². The molecule has 2 aromatic rings. The van der Waals surface area contributed by atoms with Crippen molar-refractivity contribution in [3.63, 3.8) is 0 Å². The number of carbonyl (C=O) groups is 1. The number of carbonyl (C=O) groups excluding carboxylic acids is 1. The molecule has 2 aliphatic rings. The lowest BCUT2D eigenvalue weighted by Crippen LogP contribution is -2.52. The molecule has 0 bridgehead atoms. The van der Waals surface area contributed by atoms with Crippen molar-refractivity contribution in [1.29, 1.82) is 0 Å². The molecule has 1 fully saturated rings. The van der Waals surface area contributed by atoms with Gasteiger partial charge in [-0.25, -0.2) is 0 Å². The molecule has 1 saturated heterocycles. The van der Waals surface area contributed by atoms with Crippen LogP contribution < -0.4 is 10.2 Å². The molecule has 0 radical (unpaired) electrons. The molecule has 1 unspecified atom stereocenters. The fourth-order valence-electron chi connectivity index (χ4n) is 4.49. The van der Waals surface area contributed by atoms with Crippen molar-refractivity contribution in [2.45, 2.75) is 48.2 Å². The molecule has 2 aliphatic heterocycles. The molecule has 9 heteroatoms. The Kier molecular flexibility index (Phi) is 8.06. The van der Waals surface area contributed by atoms with Crippen LogP contribution in [0.15, 0.2) is 52.3 Å². The summed E-state index contributed by atoms with van der Waals surface area (Å²) in [5, 5.41) is 3.43. The second kappa shape index (κ2) is 11.0. The van der Waals surface area contributed by atoms with Crippen LogP contribution in [0.2, 0.25) is 0 Å². The van der Waals surface area contributed by atoms with Crippen molar-refractivity contribution >= 4 is 29.1 Å². The van der Waals surface area contributed by atoms with Gasteiger partial charge in [-0.1, -0.05) is 30.8 Å². The fourth-order valence-corrected chi connectivity index (χ4v) is 5.57. The molecular formula is C25H30F3N3O2S. The lowest BCUT2D eigenvalue weighted by Gasteiger charge is -2.37. The Morgan fingerprint density at radius 2 is 1.94 bits per heavy atom. The topological polar surface area (TPSA) is 44.8 Å². The number of rotatable bonds is 8. The number of hydrogen-bond donors (Lipinski definition) is 1. The number of fused-ring (bicyclic) bond motifs is 2. The van der Waals surface area contributed by atoms with E-state index in [0.29, 0.717) is 37.8 Å². The van der Waals surface area contributed by atoms with Gasteiger partial charge in [-0.15, -0.1) is 0 Å². The van der Waals surface area contributed by atoms with Crippen molar-refractivity contribution in [1.82, 2.24) is 10.2 Å². The molecule has 0 amide bonds. The van der Waals surface area contributed by atoms with E-state index in [1.165, 1.54) is 17.8 Å². The summed E-state index contributed by atoms with van der Waals surface area (Å²) in [6.45, 7) is 6.11. The highest BCUT2D eigenvalue weighted by Crippen LogP contribution is 2.49. The summed E-state index contributed by atoms with van der Waals surface area (Å²) in [5.41, 5.74) is 0.938. The molecule has 5 nitrogen and oxygen atoms in total. The van der Waals surface area contributed by atoms with E-state index in [0.717, 1.165) is 54.0 Å². The van der Waals surface area contributed by atoms with Gasteiger partial charge in [-0.3, -0.25) is 9.69 Å². The Balaban J connectivity index is 1.45. The SMILES string of the molecule is CCC(=O)OCCN1CCNCC1CCCN1c2ccccc2Sc2ccc(C(F)(F)F)cc21. The third-order valence-corrected chi connectivity index (χ3v) is 7.40. The van der Waals surface area contributed by atoms with Gasteiger partial charge in [0.2, 0.25) is 0 Å². The van der Waals surface area contributed by atoms with Gasteiger partial charge in [0, 0.05) is 55.0 Å². The van der Waals surface area contributed by atoms with Crippen LogP contribution in [0.3, 0.4) is 0 Å². The zero-order chi connectivity index (χ0) is 24.1. The normalized spacial score (nSPS) is 18.4. The Morgan fingerprint density at radius 1 is 1.15 bits per heavy atom. The number of piperazine rings is 1. The summed E-state index contributed by atoms with van der Waals surface area (Å²) in [5.74, 6) is -0.190. The van der Waals surface area contributed by atoms with E-state index < -0.39 is 11.7 Å². The quantitative estimate of drug-likeness (QED) is 0.503. The maximum absolute atomic E-state index is 13.4. The summed E-state index contributed by atoms with van der Waals surface area (Å²) < 4.78 is 45.5. The van der Waals surface area contributed by atoms with Gasteiger partial charge in [-0.2, -0.15) is 13.2 Å². The van der Waals surface area contributed by atoms with Crippen LogP contribution in [0.1, 0.15) is 31.7 Å². The lowest BCUT2D eigenvalue weighted by atomic mass is 10.1. The highest BCUT2D eigenvalue weighted by atomic mass is 32.2. The van der Waals surface area contributed by atoms with Gasteiger partial charge in [0.05, 0.1) is 16.9 Å². The van der Waals surface area contributed by atoms with E-state index in [1.807, 2.05) is 29.2 Å². The maximum Gasteiger partial charge on any atom is 0.416 e. The zero-order valence-electron chi connectivity index (χ0n) is 19.2. The molecule has 2 aromatic carbocycles. The molecule has 0 aliphatic carbocycles. The van der Waals surface area contributed by atoms with Crippen molar-refractivity contribution in [2.24, 2.45) is 0 Å². The van der Waals surface area contributed by atoms with Crippen LogP contribution in [0.5, 0.6) is 0 Å². The standard InChI is InChI=1S/C25H30F3N3O2S/c1-2-24(32)33-15-14-30-13-11-29-17-19(30)6-5-12-31-20-7-3-4-8-22(20)34-23-10-9-18(16-21(23)31)25(26,27)28/h3-4,7-10,16,19,29H,2,5-6,11-15,17H2,1H3. The summed E-state index contributed by atoms with van der Waals surface area (Å²) >= 11 is 1.51. The van der Waals surface area contributed by atoms with Crippen molar-refractivity contribution < 1.29 is 22.7 Å². The van der Waals surface area contributed by atoms with E-state index in [1.54, 1.807) is 13.0 Å². The van der Waals surface area contributed by atoms with Gasteiger partial charge in [0.15, 0.2) is 0 Å². The monoisotopic (exact) mass is 493 g/mol. The third-order valence-electron chi connectivity index (χ3n) is 6.27. The molecule has 2 heterocycles. The third kappa shape index (κ3) is 5.87. The molecule has 4 rings (SSSR count). The van der Waals surface area contributed by atoms with Crippen molar-refractivity contribution in [3.8, 4) is 0 Å². The summed E-state index contributed by atoms with van der Waals surface area (Å²) in [4.78, 5) is 17.7. The van der Waals surface area contributed by atoms with Gasteiger partial charge >= 0.3 is 12.1 Å². The minimum Gasteiger partial charge on any atom is -0.464 e. The van der Waals surface area contributed by atoms with Gasteiger partial charge in [0.1, 0.15) is 6.61 Å². The first-order valence-corrected chi connectivity index (χ1v) is 12.5. The second-order valence-electron chi connectivity index (χ2n) is 8.51. The van der Waals surface area contributed by atoms with Crippen LogP contribution in [0, 0.1) is 0 Å². The summed E-state index contributed by atoms with van der Waals surface area (Å²) in [6.07, 6.45) is -2.28. The molecule has 1 N–H and O–H groups in total. The van der Waals surface area contributed by atoms with Crippen LogP contribution in [-0.4, -0.2) is 56.2 Å². The summed E-state index contributed by atoms with van der Waals surface area (Å²) in [7, 11) is 0. The van der Waals surface area contributed by atoms with E-state index in [-0.39, 0.29) is 5.97 Å². The van der Waals surface area contributed by atoms with Crippen LogP contribution in [-0.2, 0) is 15.7 Å². The number of nitrogens with zero attached hydrogens (tertiary/aromatic N) is 2. The summed E-state index contributed by atoms with van der Waals surface area (Å²) in [6, 6.07) is 12.2. The van der Waals surface area contributed by atoms with Gasteiger partial charge < -0.3 is 15.0 Å². The fraction of sp³-hybridized carbons (Fsp3) is 0.480. The molecule has 34 heavy (non-hydrogen) atoms. The predicted molar refractivity (Wildman–Crippen MR) is 128 cm³/mol. The van der Waals surface area contributed by atoms with Crippen molar-refractivity contribution in [3.05, 3.63) is 48.0 Å². The average Bonchev–Trinajstić information content (AvgIpc) is 2.83. The first-order valence-electron chi connectivity index (χ1n) is 11.7. The highest BCUT2D eigenvalue weighted by molar-refractivity contribution is 7.99. The highest BCUT2D eigenvalue weighted by Gasteiger charge is 2.33. The van der Waals surface area contributed by atoms with E-state index in [4.69, 9.17) is 4.74 Å². The second-order valence-corrected chi connectivity index (χ2v) is 9.60. The lowest BCUT2D eigenvalue weighted by molar-refractivity contribution is -0.144. The molecule has 0 aromatic heterocycles. The average molecular weight is 494 g/mol. The first-order chi connectivity index (χ1) is 16.4. The van der Waals surface area contributed by atoms with Crippen LogP contribution in [0.4, 0.5) is 24.5 Å². The number of alkyl halides is 3. The maximum atomic E-state index is 13.4. The van der Waals surface area contributed by atoms with E-state index in [2.05, 4.69) is 10.2 Å². The number of halogens is 3. The molecule has 184 valence electrons.